The van der Waals surface area contributed by atoms with E-state index in [1.807, 2.05) is 23.6 Å². The van der Waals surface area contributed by atoms with E-state index in [4.69, 9.17) is 9.47 Å². The molecule has 2 aromatic rings. The van der Waals surface area contributed by atoms with Gasteiger partial charge in [-0.25, -0.2) is 4.98 Å². The van der Waals surface area contributed by atoms with Crippen molar-refractivity contribution in [1.82, 2.24) is 10.3 Å². The van der Waals surface area contributed by atoms with Crippen molar-refractivity contribution in [2.75, 3.05) is 20.8 Å². The molecule has 0 saturated carbocycles. The maximum Gasteiger partial charge on any atom is 0.226 e. The molecule has 26 heavy (non-hydrogen) atoms. The molecule has 0 unspecified atom stereocenters. The number of aromatic nitrogens is 1. The van der Waals surface area contributed by atoms with Crippen LogP contribution in [0, 0.1) is 5.92 Å². The van der Waals surface area contributed by atoms with Gasteiger partial charge in [-0.1, -0.05) is 25.6 Å². The van der Waals surface area contributed by atoms with E-state index >= 15 is 0 Å². The molecule has 2 rings (SSSR count). The van der Waals surface area contributed by atoms with Gasteiger partial charge in [-0.2, -0.15) is 0 Å². The molecule has 0 aliphatic rings. The van der Waals surface area contributed by atoms with Crippen molar-refractivity contribution in [1.29, 1.82) is 0 Å². The summed E-state index contributed by atoms with van der Waals surface area (Å²) in [6, 6.07) is 5.84. The minimum atomic E-state index is 0.0324. The Labute approximate surface area is 163 Å². The normalized spacial score (nSPS) is 10.8. The van der Waals surface area contributed by atoms with Crippen LogP contribution in [0.1, 0.15) is 31.5 Å². The quantitative estimate of drug-likeness (QED) is 0.613. The van der Waals surface area contributed by atoms with E-state index in [1.54, 1.807) is 37.3 Å². The number of thiazole rings is 1. The first-order valence-corrected chi connectivity index (χ1v) is 10.4. The van der Waals surface area contributed by atoms with Gasteiger partial charge in [0.2, 0.25) is 5.91 Å². The lowest BCUT2D eigenvalue weighted by atomic mass is 10.1. The fraction of sp³-hybridized carbons (Fsp3) is 0.474. The summed E-state index contributed by atoms with van der Waals surface area (Å²) in [5, 5.41) is 4.90. The van der Waals surface area contributed by atoms with Crippen molar-refractivity contribution in [3.05, 3.63) is 34.8 Å². The molecule has 0 saturated heterocycles. The van der Waals surface area contributed by atoms with Crippen LogP contribution in [0.15, 0.2) is 27.9 Å². The average molecular weight is 395 g/mol. The van der Waals surface area contributed by atoms with Gasteiger partial charge in [-0.15, -0.1) is 11.3 Å². The van der Waals surface area contributed by atoms with Crippen molar-refractivity contribution < 1.29 is 14.3 Å². The molecule has 0 fully saturated rings. The third kappa shape index (κ3) is 6.88. The molecule has 1 heterocycles. The van der Waals surface area contributed by atoms with Crippen LogP contribution in [-0.2, 0) is 17.0 Å². The number of carbonyl (C=O) groups excluding carboxylic acids is 1. The molecule has 7 heteroatoms. The lowest BCUT2D eigenvalue weighted by Crippen LogP contribution is -2.26. The number of ether oxygens (including phenoxy) is 2. The van der Waals surface area contributed by atoms with E-state index in [-0.39, 0.29) is 5.91 Å². The maximum absolute atomic E-state index is 11.9. The van der Waals surface area contributed by atoms with E-state index in [2.05, 4.69) is 24.1 Å². The number of rotatable bonds is 10. The Balaban J connectivity index is 1.85. The van der Waals surface area contributed by atoms with Crippen LogP contribution in [-0.4, -0.2) is 31.7 Å². The van der Waals surface area contributed by atoms with Gasteiger partial charge in [0.15, 0.2) is 0 Å². The van der Waals surface area contributed by atoms with E-state index in [1.165, 1.54) is 0 Å². The number of thioether (sulfide) groups is 1. The van der Waals surface area contributed by atoms with Crippen molar-refractivity contribution in [3.63, 3.8) is 0 Å². The highest BCUT2D eigenvalue weighted by molar-refractivity contribution is 8.00. The smallest absolute Gasteiger partial charge is 0.226 e. The van der Waals surface area contributed by atoms with Crippen LogP contribution < -0.4 is 14.8 Å². The van der Waals surface area contributed by atoms with Crippen LogP contribution in [0.3, 0.4) is 0 Å². The molecule has 0 radical (unpaired) electrons. The minimum absolute atomic E-state index is 0.0324. The number of carbonyl (C=O) groups is 1. The third-order valence-corrected chi connectivity index (χ3v) is 5.83. The lowest BCUT2D eigenvalue weighted by Gasteiger charge is -2.07. The zero-order chi connectivity index (χ0) is 18.9. The Hall–Kier alpha value is -1.73. The number of amides is 1. The zero-order valence-corrected chi connectivity index (χ0v) is 17.3. The molecule has 0 bridgehead atoms. The molecule has 0 aliphatic carbocycles. The number of hydrogen-bond donors (Lipinski definition) is 1. The van der Waals surface area contributed by atoms with Gasteiger partial charge in [0.05, 0.1) is 26.3 Å². The van der Waals surface area contributed by atoms with Gasteiger partial charge >= 0.3 is 0 Å². The Morgan fingerprint density at radius 1 is 1.23 bits per heavy atom. The number of hydrogen-bond acceptors (Lipinski definition) is 6. The summed E-state index contributed by atoms with van der Waals surface area (Å²) in [4.78, 5) is 16.5. The first kappa shape index (κ1) is 20.6. The van der Waals surface area contributed by atoms with Gasteiger partial charge in [-0.3, -0.25) is 4.79 Å². The second-order valence-electron chi connectivity index (χ2n) is 6.32. The van der Waals surface area contributed by atoms with Crippen molar-refractivity contribution in [2.45, 2.75) is 36.8 Å². The summed E-state index contributed by atoms with van der Waals surface area (Å²) < 4.78 is 11.6. The van der Waals surface area contributed by atoms with Gasteiger partial charge < -0.3 is 14.8 Å². The molecule has 0 aliphatic heterocycles. The van der Waals surface area contributed by atoms with Crippen LogP contribution >= 0.6 is 23.1 Å². The number of nitrogens with zero attached hydrogens (tertiary/aromatic N) is 1. The van der Waals surface area contributed by atoms with Crippen LogP contribution in [0.2, 0.25) is 0 Å². The van der Waals surface area contributed by atoms with Crippen LogP contribution in [0.25, 0.3) is 0 Å². The standard InChI is InChI=1S/C19H26N2O3S2/c1-13(2)5-6-20-18(22)9-15-12-26-19(21-15)25-11-14-7-16(23-3)10-17(8-14)24-4/h7-8,10,12-13H,5-6,9,11H2,1-4H3,(H,20,22). The number of methoxy groups -OCH3 is 2. The number of benzene rings is 1. The molecular weight excluding hydrogens is 368 g/mol. The van der Waals surface area contributed by atoms with Gasteiger partial charge in [0.25, 0.3) is 0 Å². The first-order valence-electron chi connectivity index (χ1n) is 8.56. The van der Waals surface area contributed by atoms with Gasteiger partial charge in [-0.05, 0) is 30.0 Å². The van der Waals surface area contributed by atoms with Crippen LogP contribution in [0.5, 0.6) is 11.5 Å². The second kappa shape index (κ2) is 10.4. The molecule has 1 amide bonds. The Morgan fingerprint density at radius 2 is 1.92 bits per heavy atom. The minimum Gasteiger partial charge on any atom is -0.497 e. The van der Waals surface area contributed by atoms with E-state index in [0.29, 0.717) is 12.3 Å². The molecule has 142 valence electrons. The summed E-state index contributed by atoms with van der Waals surface area (Å²) in [5.74, 6) is 2.94. The predicted octanol–water partition coefficient (Wildman–Crippen LogP) is 4.16. The van der Waals surface area contributed by atoms with Crippen molar-refractivity contribution in [2.24, 2.45) is 5.92 Å². The summed E-state index contributed by atoms with van der Waals surface area (Å²) in [6.07, 6.45) is 1.33. The molecule has 1 aromatic carbocycles. The molecule has 1 N–H and O–H groups in total. The Morgan fingerprint density at radius 3 is 2.54 bits per heavy atom. The largest absolute Gasteiger partial charge is 0.497 e. The molecule has 1 aromatic heterocycles. The van der Waals surface area contributed by atoms with E-state index in [0.717, 1.165) is 45.8 Å². The molecular formula is C19H26N2O3S2. The van der Waals surface area contributed by atoms with Crippen molar-refractivity contribution >= 4 is 29.0 Å². The van der Waals surface area contributed by atoms with Crippen molar-refractivity contribution in [3.8, 4) is 11.5 Å². The molecule has 0 spiro atoms. The van der Waals surface area contributed by atoms with E-state index in [9.17, 15) is 4.79 Å². The predicted molar refractivity (Wildman–Crippen MR) is 107 cm³/mol. The fourth-order valence-electron chi connectivity index (χ4n) is 2.26. The second-order valence-corrected chi connectivity index (χ2v) is 8.40. The highest BCUT2D eigenvalue weighted by Gasteiger charge is 2.09. The highest BCUT2D eigenvalue weighted by atomic mass is 32.2. The molecule has 5 nitrogen and oxygen atoms in total. The number of nitrogens with one attached hydrogen (secondary N) is 1. The first-order chi connectivity index (χ1) is 12.5. The summed E-state index contributed by atoms with van der Waals surface area (Å²) >= 11 is 3.21. The van der Waals surface area contributed by atoms with Gasteiger partial charge in [0.1, 0.15) is 15.8 Å². The Bertz CT molecular complexity index is 694. The fourth-order valence-corrected chi connectivity index (χ4v) is 4.03. The average Bonchev–Trinajstić information content (AvgIpc) is 3.06. The zero-order valence-electron chi connectivity index (χ0n) is 15.7. The lowest BCUT2D eigenvalue weighted by molar-refractivity contribution is -0.120. The van der Waals surface area contributed by atoms with Crippen LogP contribution in [0.4, 0.5) is 0 Å². The van der Waals surface area contributed by atoms with Gasteiger partial charge in [0, 0.05) is 23.7 Å². The SMILES string of the molecule is COc1cc(CSc2nc(CC(=O)NCCC(C)C)cs2)cc(OC)c1. The topological polar surface area (TPSA) is 60.5 Å². The molecule has 0 atom stereocenters. The highest BCUT2D eigenvalue weighted by Crippen LogP contribution is 2.30. The summed E-state index contributed by atoms with van der Waals surface area (Å²) in [7, 11) is 3.29. The maximum atomic E-state index is 11.9. The monoisotopic (exact) mass is 394 g/mol. The Kier molecular flexibility index (Phi) is 8.25. The summed E-state index contributed by atoms with van der Waals surface area (Å²) in [6.45, 7) is 5.02. The van der Waals surface area contributed by atoms with E-state index < -0.39 is 0 Å². The summed E-state index contributed by atoms with van der Waals surface area (Å²) in [5.41, 5.74) is 1.93. The third-order valence-electron chi connectivity index (χ3n) is 3.69.